The van der Waals surface area contributed by atoms with Crippen LogP contribution in [0.2, 0.25) is 0 Å². The zero-order chi connectivity index (χ0) is 14.7. The van der Waals surface area contributed by atoms with Crippen molar-refractivity contribution in [3.63, 3.8) is 0 Å². The molecular formula is C19H26N2. The van der Waals surface area contributed by atoms with Crippen molar-refractivity contribution in [2.75, 3.05) is 6.54 Å². The highest BCUT2D eigenvalue weighted by Gasteiger charge is 2.35. The SMILES string of the molecule is CCNC(c1ccc2cccnc2c1)C1(C)CCCCC1. The molecule has 0 aliphatic heterocycles. The quantitative estimate of drug-likeness (QED) is 0.866. The first-order valence-electron chi connectivity index (χ1n) is 8.31. The van der Waals surface area contributed by atoms with E-state index in [9.17, 15) is 0 Å². The van der Waals surface area contributed by atoms with Crippen LogP contribution < -0.4 is 5.32 Å². The van der Waals surface area contributed by atoms with E-state index in [1.807, 2.05) is 12.3 Å². The first kappa shape index (κ1) is 14.5. The van der Waals surface area contributed by atoms with E-state index in [-0.39, 0.29) is 0 Å². The molecule has 1 atom stereocenters. The Labute approximate surface area is 128 Å². The Kier molecular flexibility index (Phi) is 4.25. The minimum atomic E-state index is 0.372. The molecule has 0 saturated heterocycles. The fourth-order valence-electron chi connectivity index (χ4n) is 3.88. The third-order valence-electron chi connectivity index (χ3n) is 5.06. The largest absolute Gasteiger partial charge is 0.310 e. The summed E-state index contributed by atoms with van der Waals surface area (Å²) in [4.78, 5) is 4.52. The molecule has 0 radical (unpaired) electrons. The van der Waals surface area contributed by atoms with Crippen molar-refractivity contribution in [3.05, 3.63) is 42.1 Å². The van der Waals surface area contributed by atoms with Crippen LogP contribution >= 0.6 is 0 Å². The van der Waals surface area contributed by atoms with Crippen molar-refractivity contribution in [1.82, 2.24) is 10.3 Å². The van der Waals surface area contributed by atoms with Crippen LogP contribution in [0.1, 0.15) is 57.6 Å². The van der Waals surface area contributed by atoms with Crippen LogP contribution in [0, 0.1) is 5.41 Å². The normalized spacial score (nSPS) is 19.5. The van der Waals surface area contributed by atoms with Gasteiger partial charge >= 0.3 is 0 Å². The molecule has 1 N–H and O–H groups in total. The lowest BCUT2D eigenvalue weighted by molar-refractivity contribution is 0.146. The lowest BCUT2D eigenvalue weighted by Crippen LogP contribution is -2.37. The van der Waals surface area contributed by atoms with Gasteiger partial charge in [-0.3, -0.25) is 4.98 Å². The van der Waals surface area contributed by atoms with Crippen molar-refractivity contribution < 1.29 is 0 Å². The molecule has 2 nitrogen and oxygen atoms in total. The van der Waals surface area contributed by atoms with Gasteiger partial charge in [0.05, 0.1) is 5.52 Å². The number of nitrogens with zero attached hydrogens (tertiary/aromatic N) is 1. The highest BCUT2D eigenvalue weighted by atomic mass is 14.9. The number of hydrogen-bond acceptors (Lipinski definition) is 2. The highest BCUT2D eigenvalue weighted by Crippen LogP contribution is 2.45. The Balaban J connectivity index is 1.98. The second kappa shape index (κ2) is 6.15. The monoisotopic (exact) mass is 282 g/mol. The van der Waals surface area contributed by atoms with Gasteiger partial charge in [-0.25, -0.2) is 0 Å². The van der Waals surface area contributed by atoms with E-state index >= 15 is 0 Å². The van der Waals surface area contributed by atoms with Crippen LogP contribution in [0.3, 0.4) is 0 Å². The number of rotatable bonds is 4. The Morgan fingerprint density at radius 2 is 2.00 bits per heavy atom. The van der Waals surface area contributed by atoms with E-state index in [4.69, 9.17) is 0 Å². The van der Waals surface area contributed by atoms with Gasteiger partial charge in [0.25, 0.3) is 0 Å². The van der Waals surface area contributed by atoms with E-state index in [0.717, 1.165) is 12.1 Å². The molecule has 1 aliphatic carbocycles. The summed E-state index contributed by atoms with van der Waals surface area (Å²) in [5, 5.41) is 4.97. The van der Waals surface area contributed by atoms with E-state index in [1.165, 1.54) is 43.1 Å². The Morgan fingerprint density at radius 1 is 1.19 bits per heavy atom. The average Bonchev–Trinajstić information content (AvgIpc) is 2.53. The van der Waals surface area contributed by atoms with E-state index in [1.54, 1.807) is 0 Å². The molecule has 2 heteroatoms. The molecule has 1 unspecified atom stereocenters. The number of nitrogens with one attached hydrogen (secondary N) is 1. The summed E-state index contributed by atoms with van der Waals surface area (Å²) in [6, 6.07) is 11.4. The van der Waals surface area contributed by atoms with E-state index < -0.39 is 0 Å². The van der Waals surface area contributed by atoms with Gasteiger partial charge < -0.3 is 5.32 Å². The highest BCUT2D eigenvalue weighted by molar-refractivity contribution is 5.79. The molecule has 1 fully saturated rings. The summed E-state index contributed by atoms with van der Waals surface area (Å²) in [6.07, 6.45) is 8.66. The predicted molar refractivity (Wildman–Crippen MR) is 89.4 cm³/mol. The van der Waals surface area contributed by atoms with Gasteiger partial charge in [0.2, 0.25) is 0 Å². The van der Waals surface area contributed by atoms with Crippen LogP contribution in [-0.2, 0) is 0 Å². The van der Waals surface area contributed by atoms with E-state index in [0.29, 0.717) is 11.5 Å². The van der Waals surface area contributed by atoms with Gasteiger partial charge in [0.1, 0.15) is 0 Å². The second-order valence-electron chi connectivity index (χ2n) is 6.66. The summed E-state index contributed by atoms with van der Waals surface area (Å²) >= 11 is 0. The smallest absolute Gasteiger partial charge is 0.0705 e. The summed E-state index contributed by atoms with van der Waals surface area (Å²) < 4.78 is 0. The van der Waals surface area contributed by atoms with Crippen LogP contribution in [0.4, 0.5) is 0 Å². The van der Waals surface area contributed by atoms with Crippen molar-refractivity contribution in [2.24, 2.45) is 5.41 Å². The first-order chi connectivity index (χ1) is 10.2. The molecule has 21 heavy (non-hydrogen) atoms. The maximum absolute atomic E-state index is 4.52. The summed E-state index contributed by atoms with van der Waals surface area (Å²) in [6.45, 7) is 5.68. The van der Waals surface area contributed by atoms with Crippen molar-refractivity contribution in [2.45, 2.75) is 52.0 Å². The van der Waals surface area contributed by atoms with Crippen LogP contribution in [0.15, 0.2) is 36.5 Å². The van der Waals surface area contributed by atoms with Crippen LogP contribution in [0.5, 0.6) is 0 Å². The average molecular weight is 282 g/mol. The van der Waals surface area contributed by atoms with Crippen molar-refractivity contribution in [1.29, 1.82) is 0 Å². The predicted octanol–water partition coefficient (Wildman–Crippen LogP) is 4.86. The van der Waals surface area contributed by atoms with Crippen LogP contribution in [-0.4, -0.2) is 11.5 Å². The summed E-state index contributed by atoms with van der Waals surface area (Å²) in [7, 11) is 0. The maximum Gasteiger partial charge on any atom is 0.0705 e. The standard InChI is InChI=1S/C19H26N2/c1-3-20-18(19(2)11-5-4-6-12-19)16-10-9-15-8-7-13-21-17(15)14-16/h7-10,13-14,18,20H,3-6,11-12H2,1-2H3. The van der Waals surface area contributed by atoms with Crippen molar-refractivity contribution >= 4 is 10.9 Å². The zero-order valence-electron chi connectivity index (χ0n) is 13.2. The number of fused-ring (bicyclic) bond motifs is 1. The number of benzene rings is 1. The number of aromatic nitrogens is 1. The first-order valence-corrected chi connectivity index (χ1v) is 8.31. The molecule has 3 rings (SSSR count). The Hall–Kier alpha value is -1.41. The fraction of sp³-hybridized carbons (Fsp3) is 0.526. The molecular weight excluding hydrogens is 256 g/mol. The minimum Gasteiger partial charge on any atom is -0.310 e. The van der Waals surface area contributed by atoms with Crippen molar-refractivity contribution in [3.8, 4) is 0 Å². The third-order valence-corrected chi connectivity index (χ3v) is 5.06. The van der Waals surface area contributed by atoms with Gasteiger partial charge in [-0.1, -0.05) is 51.3 Å². The van der Waals surface area contributed by atoms with Crippen LogP contribution in [0.25, 0.3) is 10.9 Å². The van der Waals surface area contributed by atoms with Gasteiger partial charge in [-0.15, -0.1) is 0 Å². The molecule has 1 aliphatic rings. The fourth-order valence-corrected chi connectivity index (χ4v) is 3.88. The molecule has 0 bridgehead atoms. The minimum absolute atomic E-state index is 0.372. The zero-order valence-corrected chi connectivity index (χ0v) is 13.2. The molecule has 1 heterocycles. The lowest BCUT2D eigenvalue weighted by atomic mass is 9.68. The Morgan fingerprint density at radius 3 is 2.76 bits per heavy atom. The molecule has 1 aromatic carbocycles. The third kappa shape index (κ3) is 2.96. The number of pyridine rings is 1. The van der Waals surface area contributed by atoms with Gasteiger partial charge in [0, 0.05) is 17.6 Å². The molecule has 1 saturated carbocycles. The molecule has 112 valence electrons. The summed E-state index contributed by atoms with van der Waals surface area (Å²) in [5.41, 5.74) is 2.88. The van der Waals surface area contributed by atoms with Gasteiger partial charge in [-0.2, -0.15) is 0 Å². The molecule has 0 spiro atoms. The molecule has 1 aromatic heterocycles. The maximum atomic E-state index is 4.52. The topological polar surface area (TPSA) is 24.9 Å². The summed E-state index contributed by atoms with van der Waals surface area (Å²) in [5.74, 6) is 0. The van der Waals surface area contributed by atoms with Gasteiger partial charge in [0.15, 0.2) is 0 Å². The lowest BCUT2D eigenvalue weighted by Gasteiger charge is -2.41. The van der Waals surface area contributed by atoms with E-state index in [2.05, 4.69) is 48.4 Å². The molecule has 2 aromatic rings. The van der Waals surface area contributed by atoms with Gasteiger partial charge in [-0.05, 0) is 42.5 Å². The molecule has 0 amide bonds. The Bertz CT molecular complexity index is 599. The second-order valence-corrected chi connectivity index (χ2v) is 6.66. The number of hydrogen-bond donors (Lipinski definition) is 1.